The van der Waals surface area contributed by atoms with Gasteiger partial charge in [-0.05, 0) is 37.6 Å². The van der Waals surface area contributed by atoms with Gasteiger partial charge in [0, 0.05) is 50.2 Å². The van der Waals surface area contributed by atoms with Crippen LogP contribution < -0.4 is 5.32 Å². The zero-order chi connectivity index (χ0) is 27.0. The van der Waals surface area contributed by atoms with Gasteiger partial charge in [-0.2, -0.15) is 18.3 Å². The molecule has 0 aromatic carbocycles. The van der Waals surface area contributed by atoms with Crippen LogP contribution in [0.3, 0.4) is 0 Å². The van der Waals surface area contributed by atoms with Gasteiger partial charge in [0.25, 0.3) is 0 Å². The van der Waals surface area contributed by atoms with Crippen molar-refractivity contribution in [3.8, 4) is 11.3 Å². The van der Waals surface area contributed by atoms with Crippen molar-refractivity contribution in [2.24, 2.45) is 7.05 Å². The third-order valence-corrected chi connectivity index (χ3v) is 6.50. The second kappa shape index (κ2) is 9.97. The summed E-state index contributed by atoms with van der Waals surface area (Å²) < 4.78 is 52.2. The number of aryl methyl sites for hydroxylation is 1. The van der Waals surface area contributed by atoms with Crippen molar-refractivity contribution < 1.29 is 27.4 Å². The normalized spacial score (nSPS) is 15.7. The lowest BCUT2D eigenvalue weighted by Crippen LogP contribution is -2.36. The van der Waals surface area contributed by atoms with Crippen molar-refractivity contribution in [1.82, 2.24) is 19.7 Å². The van der Waals surface area contributed by atoms with Crippen LogP contribution in [0.5, 0.6) is 0 Å². The summed E-state index contributed by atoms with van der Waals surface area (Å²) in [5.41, 5.74) is 1.66. The monoisotopic (exact) mass is 515 g/mol. The highest BCUT2D eigenvalue weighted by atomic mass is 19.4. The minimum absolute atomic E-state index is 0.00274. The van der Waals surface area contributed by atoms with E-state index in [1.807, 2.05) is 12.1 Å². The Morgan fingerprint density at radius 1 is 1.16 bits per heavy atom. The molecule has 37 heavy (non-hydrogen) atoms. The fourth-order valence-electron chi connectivity index (χ4n) is 3.97. The smallest absolute Gasteiger partial charge is 0.399 e. The van der Waals surface area contributed by atoms with Gasteiger partial charge in [-0.15, -0.1) is 0 Å². The Morgan fingerprint density at radius 3 is 2.54 bits per heavy atom. The fourth-order valence-corrected chi connectivity index (χ4v) is 3.97. The van der Waals surface area contributed by atoms with E-state index in [0.29, 0.717) is 17.7 Å². The van der Waals surface area contributed by atoms with Crippen molar-refractivity contribution in [2.75, 3.05) is 19.5 Å². The van der Waals surface area contributed by atoms with Gasteiger partial charge in [0.1, 0.15) is 23.1 Å². The molecule has 0 aliphatic heterocycles. The van der Waals surface area contributed by atoms with E-state index in [1.54, 1.807) is 38.7 Å². The molecule has 11 heteroatoms. The molecule has 3 aromatic heterocycles. The van der Waals surface area contributed by atoms with Crippen LogP contribution in [-0.4, -0.2) is 52.2 Å². The largest absolute Gasteiger partial charge is 0.498 e. The molecule has 0 fully saturated rings. The van der Waals surface area contributed by atoms with E-state index in [2.05, 4.69) is 20.4 Å². The summed E-state index contributed by atoms with van der Waals surface area (Å²) >= 11 is 0. The van der Waals surface area contributed by atoms with Crippen LogP contribution in [0.25, 0.3) is 17.3 Å². The molecule has 1 atom stereocenters. The number of anilines is 1. The average Bonchev–Trinajstić information content (AvgIpc) is 3.23. The lowest BCUT2D eigenvalue weighted by atomic mass is 9.89. The number of ether oxygens (including phenoxy) is 2. The number of amides is 1. The summed E-state index contributed by atoms with van der Waals surface area (Å²) in [5, 5.41) is 6.58. The number of pyridine rings is 2. The third-order valence-electron chi connectivity index (χ3n) is 6.50. The summed E-state index contributed by atoms with van der Waals surface area (Å²) in [7, 11) is 4.72. The Balaban J connectivity index is 1.45. The molecule has 0 saturated heterocycles. The Bertz CT molecular complexity index is 1330. The standard InChI is InChI=1S/C26H28F3N5O3/c1-25(2,26(27,28)29)22-12-23(34(3)33-22)32-24(35)8-15-6-7-18(30-13-15)17-9-16-10-20(36-4)21(37-5)11-19(16)31-14-17/h6-7,9-10,12-14,21H,8,11H2,1-5H3,(H,32,35). The van der Waals surface area contributed by atoms with Crippen LogP contribution in [0.1, 0.15) is 36.4 Å². The van der Waals surface area contributed by atoms with E-state index in [9.17, 15) is 18.0 Å². The molecule has 1 aliphatic rings. The fraction of sp³-hybridized carbons (Fsp3) is 0.385. The molecule has 1 aliphatic carbocycles. The zero-order valence-electron chi connectivity index (χ0n) is 21.2. The predicted octanol–water partition coefficient (Wildman–Crippen LogP) is 4.46. The van der Waals surface area contributed by atoms with Crippen molar-refractivity contribution in [1.29, 1.82) is 0 Å². The van der Waals surface area contributed by atoms with Gasteiger partial charge in [-0.1, -0.05) is 6.07 Å². The molecule has 4 rings (SSSR count). The Labute approximate surface area is 212 Å². The number of hydrogen-bond acceptors (Lipinski definition) is 6. The number of carbonyl (C=O) groups is 1. The lowest BCUT2D eigenvalue weighted by Gasteiger charge is -2.25. The molecule has 1 amide bonds. The molecule has 0 radical (unpaired) electrons. The average molecular weight is 516 g/mol. The lowest BCUT2D eigenvalue weighted by molar-refractivity contribution is -0.181. The van der Waals surface area contributed by atoms with Gasteiger partial charge in [0.05, 0.1) is 30.6 Å². The number of methoxy groups -OCH3 is 2. The van der Waals surface area contributed by atoms with Crippen LogP contribution in [0.4, 0.5) is 19.0 Å². The Morgan fingerprint density at radius 2 is 1.92 bits per heavy atom. The summed E-state index contributed by atoms with van der Waals surface area (Å²) in [6.07, 6.45) is 1.20. The van der Waals surface area contributed by atoms with Crippen LogP contribution >= 0.6 is 0 Å². The maximum atomic E-state index is 13.4. The summed E-state index contributed by atoms with van der Waals surface area (Å²) in [4.78, 5) is 21.6. The minimum Gasteiger partial charge on any atom is -0.498 e. The van der Waals surface area contributed by atoms with Crippen LogP contribution in [0, 0.1) is 0 Å². The first-order chi connectivity index (χ1) is 17.4. The van der Waals surface area contributed by atoms with E-state index in [-0.39, 0.29) is 24.0 Å². The number of rotatable bonds is 7. The topological polar surface area (TPSA) is 91.2 Å². The summed E-state index contributed by atoms with van der Waals surface area (Å²) in [5.74, 6) is 0.515. The first-order valence-electron chi connectivity index (χ1n) is 11.6. The van der Waals surface area contributed by atoms with Crippen molar-refractivity contribution in [3.63, 3.8) is 0 Å². The minimum atomic E-state index is -4.47. The maximum Gasteiger partial charge on any atom is 0.399 e. The Kier molecular flexibility index (Phi) is 7.09. The number of nitrogens with zero attached hydrogens (tertiary/aromatic N) is 4. The highest BCUT2D eigenvalue weighted by Gasteiger charge is 2.50. The van der Waals surface area contributed by atoms with Gasteiger partial charge in [-0.3, -0.25) is 19.4 Å². The second-order valence-electron chi connectivity index (χ2n) is 9.38. The summed E-state index contributed by atoms with van der Waals surface area (Å²) in [6, 6.07) is 6.79. The van der Waals surface area contributed by atoms with Crippen molar-refractivity contribution in [2.45, 2.75) is 44.4 Å². The number of aromatic nitrogens is 4. The highest BCUT2D eigenvalue weighted by Crippen LogP contribution is 2.40. The van der Waals surface area contributed by atoms with E-state index in [0.717, 1.165) is 36.4 Å². The number of fused-ring (bicyclic) bond motifs is 1. The van der Waals surface area contributed by atoms with Crippen LogP contribution in [0.2, 0.25) is 0 Å². The molecule has 1 unspecified atom stereocenters. The van der Waals surface area contributed by atoms with Gasteiger partial charge in [0.2, 0.25) is 5.91 Å². The number of nitrogens with one attached hydrogen (secondary N) is 1. The zero-order valence-corrected chi connectivity index (χ0v) is 21.2. The van der Waals surface area contributed by atoms with Gasteiger partial charge >= 0.3 is 6.18 Å². The van der Waals surface area contributed by atoms with Gasteiger partial charge < -0.3 is 14.8 Å². The summed E-state index contributed by atoms with van der Waals surface area (Å²) in [6.45, 7) is 2.10. The number of hydrogen-bond donors (Lipinski definition) is 1. The Hall–Kier alpha value is -3.73. The molecule has 196 valence electrons. The third kappa shape index (κ3) is 5.36. The molecule has 3 aromatic rings. The predicted molar refractivity (Wildman–Crippen MR) is 132 cm³/mol. The quantitative estimate of drug-likeness (QED) is 0.500. The van der Waals surface area contributed by atoms with Crippen molar-refractivity contribution >= 4 is 17.8 Å². The van der Waals surface area contributed by atoms with E-state index < -0.39 is 17.5 Å². The van der Waals surface area contributed by atoms with Crippen LogP contribution in [-0.2, 0) is 39.6 Å². The molecule has 3 heterocycles. The van der Waals surface area contributed by atoms with Gasteiger partial charge in [-0.25, -0.2) is 0 Å². The van der Waals surface area contributed by atoms with Crippen LogP contribution in [0.15, 0.2) is 42.4 Å². The van der Waals surface area contributed by atoms with Crippen molar-refractivity contribution in [3.05, 3.63) is 64.9 Å². The molecule has 0 spiro atoms. The molecular weight excluding hydrogens is 487 g/mol. The molecule has 8 nitrogen and oxygen atoms in total. The molecule has 0 bridgehead atoms. The molecule has 1 N–H and O–H groups in total. The number of halogens is 3. The first kappa shape index (κ1) is 26.3. The second-order valence-corrected chi connectivity index (χ2v) is 9.38. The van der Waals surface area contributed by atoms with E-state index in [4.69, 9.17) is 9.47 Å². The van der Waals surface area contributed by atoms with Gasteiger partial charge in [0.15, 0.2) is 0 Å². The molecular formula is C26H28F3N5O3. The highest BCUT2D eigenvalue weighted by molar-refractivity contribution is 5.91. The number of alkyl halides is 3. The van der Waals surface area contributed by atoms with E-state index >= 15 is 0 Å². The molecule has 0 saturated carbocycles. The first-order valence-corrected chi connectivity index (χ1v) is 11.6. The van der Waals surface area contributed by atoms with E-state index in [1.165, 1.54) is 17.8 Å². The maximum absolute atomic E-state index is 13.4. The SMILES string of the molecule is COC1=Cc2cc(-c3ccc(CC(=O)Nc4cc(C(C)(C)C(F)(F)F)nn4C)cn3)cnc2CC1OC. The number of carbonyl (C=O) groups excluding carboxylic acids is 1.